The van der Waals surface area contributed by atoms with Crippen molar-refractivity contribution in [1.82, 2.24) is 9.97 Å². The third-order valence-corrected chi connectivity index (χ3v) is 4.95. The highest BCUT2D eigenvalue weighted by atomic mass is 32.1. The van der Waals surface area contributed by atoms with Crippen molar-refractivity contribution < 1.29 is 9.18 Å². The number of hydrogen-bond acceptors (Lipinski definition) is 3. The number of carbonyl (C=O) groups is 1. The molecule has 0 aliphatic rings. The van der Waals surface area contributed by atoms with Crippen LogP contribution >= 0.6 is 11.3 Å². The second-order valence-corrected chi connectivity index (χ2v) is 6.78. The molecule has 0 aliphatic heterocycles. The summed E-state index contributed by atoms with van der Waals surface area (Å²) < 4.78 is 13.6. The summed E-state index contributed by atoms with van der Waals surface area (Å²) in [5, 5.41) is 6.35. The molecule has 0 saturated carbocycles. The van der Waals surface area contributed by atoms with Gasteiger partial charge in [0.25, 0.3) is 0 Å². The molecule has 6 heteroatoms. The molecule has 0 fully saturated rings. The van der Waals surface area contributed by atoms with E-state index in [2.05, 4.69) is 15.3 Å². The normalized spacial score (nSPS) is 11.0. The number of fused-ring (bicyclic) bond motifs is 1. The van der Waals surface area contributed by atoms with Crippen molar-refractivity contribution in [1.29, 1.82) is 0 Å². The molecule has 0 radical (unpaired) electrons. The van der Waals surface area contributed by atoms with E-state index in [1.165, 1.54) is 17.4 Å². The molecular formula is C20H16FN3OS. The smallest absolute Gasteiger partial charge is 0.226 e. The monoisotopic (exact) mass is 365 g/mol. The molecule has 2 N–H and O–H groups in total. The highest BCUT2D eigenvalue weighted by Gasteiger charge is 2.12. The minimum atomic E-state index is -0.281. The van der Waals surface area contributed by atoms with Gasteiger partial charge < -0.3 is 10.3 Å². The summed E-state index contributed by atoms with van der Waals surface area (Å²) in [7, 11) is 0. The Kier molecular flexibility index (Phi) is 4.50. The number of halogens is 1. The van der Waals surface area contributed by atoms with E-state index >= 15 is 0 Å². The summed E-state index contributed by atoms with van der Waals surface area (Å²) in [6, 6.07) is 14.5. The lowest BCUT2D eigenvalue weighted by Gasteiger charge is -2.03. The molecule has 2 heterocycles. The van der Waals surface area contributed by atoms with E-state index in [-0.39, 0.29) is 18.1 Å². The predicted molar refractivity (Wildman–Crippen MR) is 103 cm³/mol. The molecule has 0 saturated heterocycles. The molecule has 0 aliphatic carbocycles. The average Bonchev–Trinajstić information content (AvgIpc) is 3.27. The molecule has 2 aromatic carbocycles. The fourth-order valence-corrected chi connectivity index (χ4v) is 3.60. The largest absolute Gasteiger partial charge is 0.360 e. The number of para-hydroxylation sites is 1. The van der Waals surface area contributed by atoms with Crippen LogP contribution in [0.25, 0.3) is 22.2 Å². The summed E-state index contributed by atoms with van der Waals surface area (Å²) in [5.74, 6) is -0.454. The Balaban J connectivity index is 1.43. The van der Waals surface area contributed by atoms with Gasteiger partial charge in [-0.3, -0.25) is 4.79 Å². The first kappa shape index (κ1) is 16.5. The van der Waals surface area contributed by atoms with Crippen LogP contribution in [0.3, 0.4) is 0 Å². The lowest BCUT2D eigenvalue weighted by Crippen LogP contribution is -2.12. The second-order valence-electron chi connectivity index (χ2n) is 5.93. The number of aromatic amines is 1. The van der Waals surface area contributed by atoms with E-state index in [9.17, 15) is 9.18 Å². The SMILES string of the molecule is O=C(CCc1ccccc1F)Nc1nc(-c2c[nH]c3ccccc23)cs1. The van der Waals surface area contributed by atoms with Crippen molar-refractivity contribution in [2.75, 3.05) is 5.32 Å². The summed E-state index contributed by atoms with van der Waals surface area (Å²) in [5.41, 5.74) is 3.41. The molecule has 0 atom stereocenters. The Bertz CT molecular complexity index is 1070. The molecule has 4 nitrogen and oxygen atoms in total. The van der Waals surface area contributed by atoms with Crippen LogP contribution in [-0.4, -0.2) is 15.9 Å². The molecule has 4 aromatic rings. The first-order valence-electron chi connectivity index (χ1n) is 8.26. The number of amides is 1. The number of aryl methyl sites for hydroxylation is 1. The van der Waals surface area contributed by atoms with Gasteiger partial charge in [-0.2, -0.15) is 0 Å². The zero-order chi connectivity index (χ0) is 17.9. The number of carbonyl (C=O) groups excluding carboxylic acids is 1. The fourth-order valence-electron chi connectivity index (χ4n) is 2.87. The Morgan fingerprint density at radius 3 is 2.85 bits per heavy atom. The Morgan fingerprint density at radius 1 is 1.15 bits per heavy atom. The summed E-state index contributed by atoms with van der Waals surface area (Å²) in [6.45, 7) is 0. The maximum Gasteiger partial charge on any atom is 0.226 e. The minimum absolute atomic E-state index is 0.173. The number of H-pyrrole nitrogens is 1. The van der Waals surface area contributed by atoms with Crippen LogP contribution in [0.1, 0.15) is 12.0 Å². The first-order chi connectivity index (χ1) is 12.7. The van der Waals surface area contributed by atoms with Crippen molar-refractivity contribution in [2.45, 2.75) is 12.8 Å². The van der Waals surface area contributed by atoms with Crippen molar-refractivity contribution in [3.05, 3.63) is 71.5 Å². The van der Waals surface area contributed by atoms with Gasteiger partial charge in [-0.05, 0) is 24.1 Å². The number of aromatic nitrogens is 2. The second kappa shape index (κ2) is 7.09. The summed E-state index contributed by atoms with van der Waals surface area (Å²) >= 11 is 1.38. The highest BCUT2D eigenvalue weighted by Crippen LogP contribution is 2.30. The zero-order valence-corrected chi connectivity index (χ0v) is 14.6. The van der Waals surface area contributed by atoms with Gasteiger partial charge in [0, 0.05) is 34.5 Å². The van der Waals surface area contributed by atoms with Gasteiger partial charge in [-0.1, -0.05) is 36.4 Å². The quantitative estimate of drug-likeness (QED) is 0.523. The van der Waals surface area contributed by atoms with Gasteiger partial charge in [0.1, 0.15) is 5.82 Å². The lowest BCUT2D eigenvalue weighted by atomic mass is 10.1. The molecule has 4 rings (SSSR count). The lowest BCUT2D eigenvalue weighted by molar-refractivity contribution is -0.116. The molecule has 2 aromatic heterocycles. The third-order valence-electron chi connectivity index (χ3n) is 4.19. The number of benzene rings is 2. The zero-order valence-electron chi connectivity index (χ0n) is 13.8. The van der Waals surface area contributed by atoms with E-state index in [4.69, 9.17) is 0 Å². The van der Waals surface area contributed by atoms with Crippen LogP contribution in [-0.2, 0) is 11.2 Å². The van der Waals surface area contributed by atoms with Crippen molar-refractivity contribution in [2.24, 2.45) is 0 Å². The van der Waals surface area contributed by atoms with Crippen molar-refractivity contribution >= 4 is 33.3 Å². The van der Waals surface area contributed by atoms with Crippen molar-refractivity contribution in [3.8, 4) is 11.3 Å². The number of rotatable bonds is 5. The molecule has 0 bridgehead atoms. The van der Waals surface area contributed by atoms with Crippen molar-refractivity contribution in [3.63, 3.8) is 0 Å². The first-order valence-corrected chi connectivity index (χ1v) is 9.14. The van der Waals surface area contributed by atoms with Crippen LogP contribution < -0.4 is 5.32 Å². The topological polar surface area (TPSA) is 57.8 Å². The fraction of sp³-hybridized carbons (Fsp3) is 0.100. The predicted octanol–water partition coefficient (Wildman–Crippen LogP) is 5.00. The van der Waals surface area contributed by atoms with Gasteiger partial charge in [0.2, 0.25) is 5.91 Å². The van der Waals surface area contributed by atoms with E-state index in [0.717, 1.165) is 22.2 Å². The number of thiazole rings is 1. The van der Waals surface area contributed by atoms with Gasteiger partial charge in [-0.25, -0.2) is 9.37 Å². The Labute approximate surface area is 153 Å². The number of nitrogens with zero attached hydrogens (tertiary/aromatic N) is 1. The molecule has 0 spiro atoms. The van der Waals surface area contributed by atoms with E-state index in [1.54, 1.807) is 18.2 Å². The number of hydrogen-bond donors (Lipinski definition) is 2. The Hall–Kier alpha value is -2.99. The van der Waals surface area contributed by atoms with Gasteiger partial charge in [0.15, 0.2) is 5.13 Å². The standard InChI is InChI=1S/C20H16FN3OS/c21-16-7-3-1-5-13(16)9-10-19(25)24-20-23-18(12-26-20)15-11-22-17-8-4-2-6-14(15)17/h1-8,11-12,22H,9-10H2,(H,23,24,25). The van der Waals surface area contributed by atoms with Gasteiger partial charge in [0.05, 0.1) is 5.69 Å². The van der Waals surface area contributed by atoms with Gasteiger partial charge in [-0.15, -0.1) is 11.3 Å². The molecular weight excluding hydrogens is 349 g/mol. The van der Waals surface area contributed by atoms with E-state index in [1.807, 2.05) is 35.8 Å². The van der Waals surface area contributed by atoms with Crippen LogP contribution in [0.5, 0.6) is 0 Å². The van der Waals surface area contributed by atoms with E-state index < -0.39 is 0 Å². The molecule has 26 heavy (non-hydrogen) atoms. The highest BCUT2D eigenvalue weighted by molar-refractivity contribution is 7.14. The summed E-state index contributed by atoms with van der Waals surface area (Å²) in [6.07, 6.45) is 2.49. The van der Waals surface area contributed by atoms with Crippen LogP contribution in [0.4, 0.5) is 9.52 Å². The van der Waals surface area contributed by atoms with E-state index in [0.29, 0.717) is 17.1 Å². The van der Waals surface area contributed by atoms with Crippen LogP contribution in [0.15, 0.2) is 60.1 Å². The maximum absolute atomic E-state index is 13.6. The molecule has 1 amide bonds. The molecule has 0 unspecified atom stereocenters. The van der Waals surface area contributed by atoms with Crippen LogP contribution in [0, 0.1) is 5.82 Å². The van der Waals surface area contributed by atoms with Gasteiger partial charge >= 0.3 is 0 Å². The number of nitrogens with one attached hydrogen (secondary N) is 2. The minimum Gasteiger partial charge on any atom is -0.360 e. The Morgan fingerprint density at radius 2 is 1.96 bits per heavy atom. The maximum atomic E-state index is 13.6. The number of anilines is 1. The molecule has 130 valence electrons. The average molecular weight is 365 g/mol. The summed E-state index contributed by atoms with van der Waals surface area (Å²) in [4.78, 5) is 19.9. The van der Waals surface area contributed by atoms with Crippen LogP contribution in [0.2, 0.25) is 0 Å². The third kappa shape index (κ3) is 3.36.